The number of nitrogens with zero attached hydrogens (tertiary/aromatic N) is 4. The largest absolute Gasteiger partial charge is 0.451 e. The molecule has 0 bridgehead atoms. The lowest BCUT2D eigenvalue weighted by molar-refractivity contribution is 0.0976. The fourth-order valence-corrected chi connectivity index (χ4v) is 5.10. The fraction of sp³-hybridized carbons (Fsp3) is 0.423. The van der Waals surface area contributed by atoms with Gasteiger partial charge in [-0.1, -0.05) is 12.5 Å². The maximum Gasteiger partial charge on any atom is 0.284 e. The minimum absolute atomic E-state index is 0.202. The Balaban J connectivity index is 1.07. The molecule has 2 aromatic rings. The van der Waals surface area contributed by atoms with Crippen LogP contribution in [0.2, 0.25) is 0 Å². The standard InChI is InChI=1S/C26H29N5O2/c27-16-18-4-6-23-22(13-18)19(17-29-23)3-1-2-8-30-9-11-31(12-10-30)21-5-7-24-20(14-21)15-25(33-24)26(28)32/h4-5,7,13-15,17,19,23H,1-3,6,8-12H2,(H2,28,32). The van der Waals surface area contributed by atoms with Crippen LogP contribution in [0.25, 0.3) is 11.0 Å². The predicted octanol–water partition coefficient (Wildman–Crippen LogP) is 3.67. The Kier molecular flexibility index (Phi) is 6.01. The molecule has 0 radical (unpaired) electrons. The van der Waals surface area contributed by atoms with Crippen molar-refractivity contribution < 1.29 is 9.21 Å². The summed E-state index contributed by atoms with van der Waals surface area (Å²) in [4.78, 5) is 20.9. The van der Waals surface area contributed by atoms with E-state index in [4.69, 9.17) is 10.2 Å². The minimum atomic E-state index is -0.541. The van der Waals surface area contributed by atoms with E-state index in [1.165, 1.54) is 18.4 Å². The van der Waals surface area contributed by atoms with Gasteiger partial charge < -0.3 is 15.1 Å². The Morgan fingerprint density at radius 3 is 2.85 bits per heavy atom. The molecule has 0 saturated carbocycles. The van der Waals surface area contributed by atoms with E-state index in [9.17, 15) is 10.1 Å². The number of benzene rings is 1. The van der Waals surface area contributed by atoms with Crippen LogP contribution in [0.15, 0.2) is 57.0 Å². The van der Waals surface area contributed by atoms with Gasteiger partial charge in [0.15, 0.2) is 5.76 Å². The van der Waals surface area contributed by atoms with Crippen LogP contribution in [0, 0.1) is 17.2 Å². The minimum Gasteiger partial charge on any atom is -0.451 e. The normalized spacial score (nSPS) is 22.7. The van der Waals surface area contributed by atoms with Gasteiger partial charge in [0.05, 0.1) is 12.1 Å². The van der Waals surface area contributed by atoms with Crippen molar-refractivity contribution in [3.05, 3.63) is 53.3 Å². The highest BCUT2D eigenvalue weighted by molar-refractivity contribution is 5.95. The van der Waals surface area contributed by atoms with Crippen molar-refractivity contribution in [2.75, 3.05) is 37.6 Å². The van der Waals surface area contributed by atoms with Crippen LogP contribution in [0.1, 0.15) is 36.2 Å². The van der Waals surface area contributed by atoms with E-state index in [2.05, 4.69) is 45.3 Å². The van der Waals surface area contributed by atoms with Gasteiger partial charge in [-0.3, -0.25) is 14.7 Å². The number of allylic oxidation sites excluding steroid dienone is 2. The molecule has 2 aliphatic heterocycles. The highest BCUT2D eigenvalue weighted by atomic mass is 16.3. The van der Waals surface area contributed by atoms with E-state index in [1.54, 1.807) is 6.07 Å². The van der Waals surface area contributed by atoms with Gasteiger partial charge in [0.1, 0.15) is 5.58 Å². The molecule has 3 aliphatic rings. The van der Waals surface area contributed by atoms with E-state index < -0.39 is 5.91 Å². The number of fused-ring (bicyclic) bond motifs is 2. The molecule has 2 atom stereocenters. The number of hydrogen-bond acceptors (Lipinski definition) is 6. The summed E-state index contributed by atoms with van der Waals surface area (Å²) in [5.74, 6) is 0.0607. The summed E-state index contributed by atoms with van der Waals surface area (Å²) in [6.07, 6.45) is 10.5. The topological polar surface area (TPSA) is 98.9 Å². The maximum atomic E-state index is 11.4. The number of furan rings is 1. The number of nitrogens with two attached hydrogens (primary N) is 1. The highest BCUT2D eigenvalue weighted by Gasteiger charge is 2.28. The zero-order chi connectivity index (χ0) is 22.8. The molecule has 7 heteroatoms. The Morgan fingerprint density at radius 1 is 1.21 bits per heavy atom. The number of unbranched alkanes of at least 4 members (excludes halogenated alkanes) is 1. The van der Waals surface area contributed by atoms with Crippen molar-refractivity contribution in [1.29, 1.82) is 5.26 Å². The maximum absolute atomic E-state index is 11.4. The summed E-state index contributed by atoms with van der Waals surface area (Å²) < 4.78 is 5.49. The molecule has 0 spiro atoms. The van der Waals surface area contributed by atoms with Crippen molar-refractivity contribution >= 4 is 28.8 Å². The number of hydrogen-bond donors (Lipinski definition) is 1. The second kappa shape index (κ2) is 9.24. The van der Waals surface area contributed by atoms with Gasteiger partial charge in [0.25, 0.3) is 5.91 Å². The molecular weight excluding hydrogens is 414 g/mol. The molecule has 3 heterocycles. The zero-order valence-electron chi connectivity index (χ0n) is 18.7. The number of rotatable bonds is 7. The number of carbonyl (C=O) groups is 1. The van der Waals surface area contributed by atoms with E-state index >= 15 is 0 Å². The van der Waals surface area contributed by atoms with Crippen LogP contribution in [0.4, 0.5) is 5.69 Å². The third-order valence-electron chi connectivity index (χ3n) is 6.99. The van der Waals surface area contributed by atoms with Gasteiger partial charge in [-0.15, -0.1) is 0 Å². The molecule has 5 rings (SSSR count). The number of piperazine rings is 1. The van der Waals surface area contributed by atoms with Crippen molar-refractivity contribution in [3.8, 4) is 6.07 Å². The summed E-state index contributed by atoms with van der Waals surface area (Å²) in [6, 6.07) is 10.3. The first-order valence-electron chi connectivity index (χ1n) is 11.8. The second-order valence-electron chi connectivity index (χ2n) is 9.09. The first kappa shape index (κ1) is 21.5. The van der Waals surface area contributed by atoms with Gasteiger partial charge in [-0.05, 0) is 61.7 Å². The zero-order valence-corrected chi connectivity index (χ0v) is 18.7. The second-order valence-corrected chi connectivity index (χ2v) is 9.09. The van der Waals surface area contributed by atoms with Gasteiger partial charge in [0.2, 0.25) is 0 Å². The monoisotopic (exact) mass is 443 g/mol. The molecule has 1 saturated heterocycles. The number of amides is 1. The Morgan fingerprint density at radius 2 is 2.06 bits per heavy atom. The lowest BCUT2D eigenvalue weighted by Gasteiger charge is -2.36. The van der Waals surface area contributed by atoms with Crippen molar-refractivity contribution in [1.82, 2.24) is 4.90 Å². The van der Waals surface area contributed by atoms with E-state index in [0.29, 0.717) is 11.5 Å². The van der Waals surface area contributed by atoms with Gasteiger partial charge >= 0.3 is 0 Å². The number of aliphatic imine (C=N–C) groups is 1. The fourth-order valence-electron chi connectivity index (χ4n) is 5.10. The summed E-state index contributed by atoms with van der Waals surface area (Å²) in [5.41, 5.74) is 9.29. The third kappa shape index (κ3) is 4.57. The predicted molar refractivity (Wildman–Crippen MR) is 129 cm³/mol. The number of nitriles is 1. The van der Waals surface area contributed by atoms with E-state index in [0.717, 1.165) is 62.2 Å². The SMILES string of the molecule is N#CC1=CCC2N=CC(CCCCN3CCN(c4ccc5oc(C(N)=O)cc5c4)CC3)C2=C1. The molecular formula is C26H29N5O2. The van der Waals surface area contributed by atoms with Crippen molar-refractivity contribution in [2.45, 2.75) is 31.7 Å². The molecule has 1 aromatic heterocycles. The van der Waals surface area contributed by atoms with Crippen molar-refractivity contribution in [3.63, 3.8) is 0 Å². The molecule has 170 valence electrons. The Labute approximate surface area is 193 Å². The summed E-state index contributed by atoms with van der Waals surface area (Å²) >= 11 is 0. The quantitative estimate of drug-likeness (QED) is 0.658. The molecule has 2 unspecified atom stereocenters. The van der Waals surface area contributed by atoms with Crippen molar-refractivity contribution in [2.24, 2.45) is 16.6 Å². The number of primary amides is 1. The van der Waals surface area contributed by atoms with Crippen LogP contribution < -0.4 is 10.6 Å². The molecule has 33 heavy (non-hydrogen) atoms. The Hall–Kier alpha value is -3.37. The highest BCUT2D eigenvalue weighted by Crippen LogP contribution is 2.33. The molecule has 2 N–H and O–H groups in total. The Bertz CT molecular complexity index is 1180. The lowest BCUT2D eigenvalue weighted by atomic mass is 9.86. The number of carbonyl (C=O) groups excluding carboxylic acids is 1. The first-order valence-corrected chi connectivity index (χ1v) is 11.8. The van der Waals surface area contributed by atoms with Gasteiger partial charge in [-0.25, -0.2) is 0 Å². The lowest BCUT2D eigenvalue weighted by Crippen LogP contribution is -2.46. The molecule has 1 fully saturated rings. The van der Waals surface area contributed by atoms with Crippen LogP contribution >= 0.6 is 0 Å². The molecule has 7 nitrogen and oxygen atoms in total. The smallest absolute Gasteiger partial charge is 0.284 e. The summed E-state index contributed by atoms with van der Waals surface area (Å²) in [7, 11) is 0. The number of anilines is 1. The summed E-state index contributed by atoms with van der Waals surface area (Å²) in [5, 5.41) is 10.1. The van der Waals surface area contributed by atoms with Crippen LogP contribution in [0.5, 0.6) is 0 Å². The summed E-state index contributed by atoms with van der Waals surface area (Å²) in [6.45, 7) is 5.18. The van der Waals surface area contributed by atoms with Crippen LogP contribution in [0.3, 0.4) is 0 Å². The van der Waals surface area contributed by atoms with Gasteiger partial charge in [-0.2, -0.15) is 5.26 Å². The van der Waals surface area contributed by atoms with Crippen LogP contribution in [-0.2, 0) is 0 Å². The van der Waals surface area contributed by atoms with E-state index in [-0.39, 0.29) is 11.8 Å². The average molecular weight is 444 g/mol. The molecule has 1 aromatic carbocycles. The van der Waals surface area contributed by atoms with E-state index in [1.807, 2.05) is 12.1 Å². The average Bonchev–Trinajstić information content (AvgIpc) is 3.45. The third-order valence-corrected chi connectivity index (χ3v) is 6.99. The first-order chi connectivity index (χ1) is 16.1. The van der Waals surface area contributed by atoms with Crippen LogP contribution in [-0.4, -0.2) is 55.8 Å². The molecule has 1 aliphatic carbocycles. The van der Waals surface area contributed by atoms with Gasteiger partial charge in [0, 0.05) is 55.0 Å². The molecule has 1 amide bonds.